The van der Waals surface area contributed by atoms with Gasteiger partial charge in [-0.2, -0.15) is 0 Å². The monoisotopic (exact) mass is 226 g/mol. The van der Waals surface area contributed by atoms with Gasteiger partial charge < -0.3 is 15.0 Å². The van der Waals surface area contributed by atoms with Crippen molar-refractivity contribution < 1.29 is 9.53 Å². The van der Waals surface area contributed by atoms with Gasteiger partial charge in [0.1, 0.15) is 0 Å². The molecule has 0 radical (unpaired) electrons. The van der Waals surface area contributed by atoms with E-state index in [0.29, 0.717) is 0 Å². The van der Waals surface area contributed by atoms with Crippen LogP contribution in [0, 0.1) is 0 Å². The van der Waals surface area contributed by atoms with Crippen molar-refractivity contribution in [2.75, 3.05) is 26.7 Å². The molecule has 0 spiro atoms. The number of carbonyl (C=O) groups is 1. The van der Waals surface area contributed by atoms with Crippen molar-refractivity contribution in [3.63, 3.8) is 0 Å². The van der Waals surface area contributed by atoms with Crippen LogP contribution >= 0.6 is 0 Å². The highest BCUT2D eigenvalue weighted by Gasteiger charge is 2.26. The topological polar surface area (TPSA) is 41.6 Å². The fourth-order valence-electron chi connectivity index (χ4n) is 2.51. The molecule has 0 aromatic carbocycles. The molecule has 2 heterocycles. The zero-order valence-corrected chi connectivity index (χ0v) is 10.1. The molecule has 2 saturated heterocycles. The highest BCUT2D eigenvalue weighted by Crippen LogP contribution is 2.15. The van der Waals surface area contributed by atoms with Gasteiger partial charge in [0.2, 0.25) is 5.91 Å². The van der Waals surface area contributed by atoms with E-state index in [1.807, 2.05) is 11.9 Å². The highest BCUT2D eigenvalue weighted by atomic mass is 16.5. The van der Waals surface area contributed by atoms with Crippen LogP contribution in [0.4, 0.5) is 0 Å². The van der Waals surface area contributed by atoms with Gasteiger partial charge in [-0.25, -0.2) is 0 Å². The van der Waals surface area contributed by atoms with Gasteiger partial charge >= 0.3 is 0 Å². The van der Waals surface area contributed by atoms with Crippen LogP contribution in [0.25, 0.3) is 0 Å². The average molecular weight is 226 g/mol. The number of likely N-dealkylation sites (N-methyl/N-ethyl adjacent to an activating group) is 1. The number of carbonyl (C=O) groups excluding carboxylic acids is 1. The molecule has 2 atom stereocenters. The molecule has 4 heteroatoms. The van der Waals surface area contributed by atoms with Gasteiger partial charge in [0.05, 0.1) is 12.1 Å². The van der Waals surface area contributed by atoms with Crippen molar-refractivity contribution >= 4 is 5.91 Å². The van der Waals surface area contributed by atoms with Gasteiger partial charge in [-0.1, -0.05) is 0 Å². The Bertz CT molecular complexity index is 233. The minimum atomic E-state index is 0.0496. The Hall–Kier alpha value is -0.610. The Morgan fingerprint density at radius 3 is 2.88 bits per heavy atom. The predicted octanol–water partition coefficient (Wildman–Crippen LogP) is 0.766. The van der Waals surface area contributed by atoms with Gasteiger partial charge in [0.25, 0.3) is 0 Å². The molecule has 0 aromatic heterocycles. The lowest BCUT2D eigenvalue weighted by molar-refractivity contribution is -0.134. The van der Waals surface area contributed by atoms with E-state index in [4.69, 9.17) is 4.74 Å². The summed E-state index contributed by atoms with van der Waals surface area (Å²) in [5, 5.41) is 3.24. The summed E-state index contributed by atoms with van der Waals surface area (Å²) < 4.78 is 5.65. The molecule has 0 bridgehead atoms. The van der Waals surface area contributed by atoms with E-state index in [2.05, 4.69) is 5.32 Å². The molecule has 2 rings (SSSR count). The molecule has 2 fully saturated rings. The molecule has 4 nitrogen and oxygen atoms in total. The number of amides is 1. The summed E-state index contributed by atoms with van der Waals surface area (Å²) in [5.41, 5.74) is 0. The molecule has 92 valence electrons. The van der Waals surface area contributed by atoms with Gasteiger partial charge in [-0.15, -0.1) is 0 Å². The summed E-state index contributed by atoms with van der Waals surface area (Å²) >= 11 is 0. The second kappa shape index (κ2) is 5.64. The number of rotatable bonds is 3. The summed E-state index contributed by atoms with van der Waals surface area (Å²) in [6.45, 7) is 2.58. The first-order valence-electron chi connectivity index (χ1n) is 6.37. The van der Waals surface area contributed by atoms with E-state index in [0.717, 1.165) is 39.0 Å². The van der Waals surface area contributed by atoms with Gasteiger partial charge in [-0.05, 0) is 38.6 Å². The van der Waals surface area contributed by atoms with E-state index < -0.39 is 0 Å². The van der Waals surface area contributed by atoms with Gasteiger partial charge in [-0.3, -0.25) is 4.79 Å². The number of hydrogen-bond donors (Lipinski definition) is 1. The van der Waals surface area contributed by atoms with Gasteiger partial charge in [0, 0.05) is 20.2 Å². The smallest absolute Gasteiger partial charge is 0.239 e. The maximum absolute atomic E-state index is 12.0. The van der Waals surface area contributed by atoms with E-state index in [-0.39, 0.29) is 18.1 Å². The quantitative estimate of drug-likeness (QED) is 0.772. The van der Waals surface area contributed by atoms with E-state index in [1.165, 1.54) is 12.8 Å². The predicted molar refractivity (Wildman–Crippen MR) is 62.3 cm³/mol. The molecule has 16 heavy (non-hydrogen) atoms. The third-order valence-electron chi connectivity index (χ3n) is 3.49. The van der Waals surface area contributed by atoms with Crippen LogP contribution in [0.1, 0.15) is 32.1 Å². The van der Waals surface area contributed by atoms with Crippen molar-refractivity contribution in [3.8, 4) is 0 Å². The number of nitrogens with one attached hydrogen (secondary N) is 1. The van der Waals surface area contributed by atoms with Crippen LogP contribution < -0.4 is 5.32 Å². The lowest BCUT2D eigenvalue weighted by atomic mass is 10.1. The number of hydrogen-bond acceptors (Lipinski definition) is 3. The molecule has 0 aliphatic carbocycles. The normalized spacial score (nSPS) is 30.3. The maximum atomic E-state index is 12.0. The second-order valence-electron chi connectivity index (χ2n) is 4.86. The Kier molecular flexibility index (Phi) is 4.18. The van der Waals surface area contributed by atoms with E-state index >= 15 is 0 Å². The molecular formula is C12H22N2O2. The Balaban J connectivity index is 1.77. The minimum Gasteiger partial charge on any atom is -0.376 e. The summed E-state index contributed by atoms with van der Waals surface area (Å²) in [7, 11) is 1.89. The molecule has 1 amide bonds. The van der Waals surface area contributed by atoms with Crippen molar-refractivity contribution in [1.82, 2.24) is 10.2 Å². The molecule has 2 aliphatic rings. The zero-order chi connectivity index (χ0) is 11.4. The first kappa shape index (κ1) is 11.9. The van der Waals surface area contributed by atoms with Gasteiger partial charge in [0.15, 0.2) is 0 Å². The molecule has 0 saturated carbocycles. The lowest BCUT2D eigenvalue weighted by Crippen LogP contribution is -2.45. The highest BCUT2D eigenvalue weighted by molar-refractivity contribution is 5.81. The third kappa shape index (κ3) is 2.95. The van der Waals surface area contributed by atoms with Crippen molar-refractivity contribution in [2.45, 2.75) is 44.2 Å². The summed E-state index contributed by atoms with van der Waals surface area (Å²) in [4.78, 5) is 13.9. The van der Waals surface area contributed by atoms with E-state index in [9.17, 15) is 4.79 Å². The first-order valence-corrected chi connectivity index (χ1v) is 6.37. The van der Waals surface area contributed by atoms with Crippen molar-refractivity contribution in [2.24, 2.45) is 0 Å². The number of nitrogens with zero attached hydrogens (tertiary/aromatic N) is 1. The standard InChI is InChI=1S/C12H22N2O2/c1-14(9-10-5-2-3-8-16-10)12(15)11-6-4-7-13-11/h10-11,13H,2-9H2,1H3/t10?,11-/m0/s1. The van der Waals surface area contributed by atoms with Crippen LogP contribution in [0.3, 0.4) is 0 Å². The molecule has 1 unspecified atom stereocenters. The molecule has 0 aromatic rings. The largest absolute Gasteiger partial charge is 0.376 e. The molecule has 1 N–H and O–H groups in total. The van der Waals surface area contributed by atoms with Crippen LogP contribution in [0.5, 0.6) is 0 Å². The average Bonchev–Trinajstić information content (AvgIpc) is 2.83. The van der Waals surface area contributed by atoms with Crippen LogP contribution in [-0.2, 0) is 9.53 Å². The molecule has 2 aliphatic heterocycles. The van der Waals surface area contributed by atoms with Crippen LogP contribution in [0.15, 0.2) is 0 Å². The summed E-state index contributed by atoms with van der Waals surface area (Å²) in [5.74, 6) is 0.228. The minimum absolute atomic E-state index is 0.0496. The van der Waals surface area contributed by atoms with E-state index in [1.54, 1.807) is 0 Å². The fourth-order valence-corrected chi connectivity index (χ4v) is 2.51. The Morgan fingerprint density at radius 1 is 1.38 bits per heavy atom. The van der Waals surface area contributed by atoms with Crippen molar-refractivity contribution in [3.05, 3.63) is 0 Å². The Labute approximate surface area is 97.3 Å². The fraction of sp³-hybridized carbons (Fsp3) is 0.917. The Morgan fingerprint density at radius 2 is 2.25 bits per heavy atom. The summed E-state index contributed by atoms with van der Waals surface area (Å²) in [6.07, 6.45) is 5.84. The number of ether oxygens (including phenoxy) is 1. The van der Waals surface area contributed by atoms with Crippen molar-refractivity contribution in [1.29, 1.82) is 0 Å². The van der Waals surface area contributed by atoms with Crippen LogP contribution in [-0.4, -0.2) is 49.7 Å². The zero-order valence-electron chi connectivity index (χ0n) is 10.1. The molecular weight excluding hydrogens is 204 g/mol. The maximum Gasteiger partial charge on any atom is 0.239 e. The SMILES string of the molecule is CN(CC1CCCCO1)C(=O)[C@@H]1CCCN1. The summed E-state index contributed by atoms with van der Waals surface area (Å²) in [6, 6.07) is 0.0496. The third-order valence-corrected chi connectivity index (χ3v) is 3.49. The first-order chi connectivity index (χ1) is 7.77. The lowest BCUT2D eigenvalue weighted by Gasteiger charge is -2.28. The van der Waals surface area contributed by atoms with Crippen LogP contribution in [0.2, 0.25) is 0 Å². The second-order valence-corrected chi connectivity index (χ2v) is 4.86.